The number of nitrogens with zero attached hydrogens (tertiary/aromatic N) is 4. The SMILES string of the molecule is O=C(CCC1CCNC1)N1CCCC(Cn2cncn2)C1. The molecule has 2 atom stereocenters. The quantitative estimate of drug-likeness (QED) is 0.876. The summed E-state index contributed by atoms with van der Waals surface area (Å²) in [5.41, 5.74) is 0. The Balaban J connectivity index is 1.44. The first-order valence-electron chi connectivity index (χ1n) is 8.12. The lowest BCUT2D eigenvalue weighted by Crippen LogP contribution is -2.41. The van der Waals surface area contributed by atoms with Gasteiger partial charge in [-0.3, -0.25) is 9.48 Å². The Morgan fingerprint density at radius 2 is 2.29 bits per heavy atom. The Labute approximate surface area is 125 Å². The number of rotatable bonds is 5. The minimum atomic E-state index is 0.338. The lowest BCUT2D eigenvalue weighted by Gasteiger charge is -2.33. The Morgan fingerprint density at radius 1 is 1.33 bits per heavy atom. The summed E-state index contributed by atoms with van der Waals surface area (Å²) in [5, 5.41) is 7.53. The van der Waals surface area contributed by atoms with Crippen LogP contribution in [0.15, 0.2) is 12.7 Å². The summed E-state index contributed by atoms with van der Waals surface area (Å²) in [7, 11) is 0. The third-order valence-electron chi connectivity index (χ3n) is 4.71. The van der Waals surface area contributed by atoms with Gasteiger partial charge in [0.2, 0.25) is 5.91 Å². The predicted molar refractivity (Wildman–Crippen MR) is 79.5 cm³/mol. The van der Waals surface area contributed by atoms with Gasteiger partial charge in [0.15, 0.2) is 0 Å². The molecule has 0 aromatic carbocycles. The second-order valence-electron chi connectivity index (χ2n) is 6.36. The fourth-order valence-electron chi connectivity index (χ4n) is 3.48. The van der Waals surface area contributed by atoms with Gasteiger partial charge in [0.05, 0.1) is 0 Å². The third kappa shape index (κ3) is 4.03. The van der Waals surface area contributed by atoms with Gasteiger partial charge in [-0.1, -0.05) is 0 Å². The summed E-state index contributed by atoms with van der Waals surface area (Å²) in [6.07, 6.45) is 8.59. The van der Waals surface area contributed by atoms with E-state index in [4.69, 9.17) is 0 Å². The van der Waals surface area contributed by atoms with Gasteiger partial charge in [0.25, 0.3) is 0 Å². The molecule has 0 bridgehead atoms. The molecule has 1 aromatic heterocycles. The fourth-order valence-corrected chi connectivity index (χ4v) is 3.48. The Bertz CT molecular complexity index is 441. The smallest absolute Gasteiger partial charge is 0.222 e. The minimum Gasteiger partial charge on any atom is -0.342 e. The predicted octanol–water partition coefficient (Wildman–Crippen LogP) is 0.906. The maximum Gasteiger partial charge on any atom is 0.222 e. The Morgan fingerprint density at radius 3 is 3.05 bits per heavy atom. The van der Waals surface area contributed by atoms with E-state index in [0.717, 1.165) is 45.6 Å². The van der Waals surface area contributed by atoms with E-state index >= 15 is 0 Å². The molecule has 116 valence electrons. The molecular formula is C15H25N5O. The van der Waals surface area contributed by atoms with Crippen LogP contribution in [0.4, 0.5) is 0 Å². The molecule has 0 spiro atoms. The normalized spacial score (nSPS) is 26.2. The number of amides is 1. The summed E-state index contributed by atoms with van der Waals surface area (Å²) in [4.78, 5) is 18.4. The van der Waals surface area contributed by atoms with Gasteiger partial charge < -0.3 is 10.2 Å². The highest BCUT2D eigenvalue weighted by atomic mass is 16.2. The van der Waals surface area contributed by atoms with Crippen molar-refractivity contribution < 1.29 is 4.79 Å². The van der Waals surface area contributed by atoms with Gasteiger partial charge in [-0.2, -0.15) is 5.10 Å². The van der Waals surface area contributed by atoms with E-state index in [1.807, 2.05) is 4.68 Å². The zero-order chi connectivity index (χ0) is 14.5. The number of nitrogens with one attached hydrogen (secondary N) is 1. The van der Waals surface area contributed by atoms with Crippen LogP contribution in [-0.2, 0) is 11.3 Å². The number of hydrogen-bond donors (Lipinski definition) is 1. The third-order valence-corrected chi connectivity index (χ3v) is 4.71. The molecule has 2 aliphatic heterocycles. The summed E-state index contributed by atoms with van der Waals surface area (Å²) >= 11 is 0. The summed E-state index contributed by atoms with van der Waals surface area (Å²) in [6.45, 7) is 4.87. The topological polar surface area (TPSA) is 63.1 Å². The van der Waals surface area contributed by atoms with Crippen LogP contribution in [0.25, 0.3) is 0 Å². The zero-order valence-corrected chi connectivity index (χ0v) is 12.6. The molecule has 2 aliphatic rings. The van der Waals surface area contributed by atoms with E-state index in [1.54, 1.807) is 12.7 Å². The van der Waals surface area contributed by atoms with Crippen LogP contribution in [-0.4, -0.2) is 51.8 Å². The standard InChI is InChI=1S/C15H25N5O/c21-15(4-3-13-5-6-16-8-13)19-7-1-2-14(9-19)10-20-12-17-11-18-20/h11-14,16H,1-10H2. The van der Waals surface area contributed by atoms with Gasteiger partial charge in [-0.15, -0.1) is 0 Å². The average Bonchev–Trinajstić information content (AvgIpc) is 3.18. The fraction of sp³-hybridized carbons (Fsp3) is 0.800. The highest BCUT2D eigenvalue weighted by Gasteiger charge is 2.25. The molecule has 6 heteroatoms. The zero-order valence-electron chi connectivity index (χ0n) is 12.6. The number of hydrogen-bond acceptors (Lipinski definition) is 4. The van der Waals surface area contributed by atoms with Crippen molar-refractivity contribution in [3.8, 4) is 0 Å². The van der Waals surface area contributed by atoms with Gasteiger partial charge in [0, 0.05) is 26.1 Å². The van der Waals surface area contributed by atoms with E-state index in [2.05, 4.69) is 20.3 Å². The van der Waals surface area contributed by atoms with Crippen molar-refractivity contribution in [2.75, 3.05) is 26.2 Å². The van der Waals surface area contributed by atoms with Gasteiger partial charge in [-0.05, 0) is 50.6 Å². The first-order valence-corrected chi connectivity index (χ1v) is 8.12. The van der Waals surface area contributed by atoms with Crippen molar-refractivity contribution in [3.63, 3.8) is 0 Å². The highest BCUT2D eigenvalue weighted by Crippen LogP contribution is 2.20. The molecule has 1 N–H and O–H groups in total. The number of carbonyl (C=O) groups excluding carboxylic acids is 1. The molecule has 2 fully saturated rings. The van der Waals surface area contributed by atoms with Crippen molar-refractivity contribution in [1.82, 2.24) is 25.0 Å². The monoisotopic (exact) mass is 291 g/mol. The molecule has 3 rings (SSSR count). The molecule has 3 heterocycles. The molecule has 6 nitrogen and oxygen atoms in total. The van der Waals surface area contributed by atoms with Crippen LogP contribution < -0.4 is 5.32 Å². The van der Waals surface area contributed by atoms with Crippen molar-refractivity contribution >= 4 is 5.91 Å². The lowest BCUT2D eigenvalue weighted by atomic mass is 9.96. The number of likely N-dealkylation sites (tertiary alicyclic amines) is 1. The largest absolute Gasteiger partial charge is 0.342 e. The van der Waals surface area contributed by atoms with Crippen LogP contribution in [0.2, 0.25) is 0 Å². The summed E-state index contributed by atoms with van der Waals surface area (Å²) < 4.78 is 1.88. The van der Waals surface area contributed by atoms with Crippen LogP contribution in [0.3, 0.4) is 0 Å². The first kappa shape index (κ1) is 14.5. The van der Waals surface area contributed by atoms with Gasteiger partial charge >= 0.3 is 0 Å². The van der Waals surface area contributed by atoms with Crippen molar-refractivity contribution in [2.24, 2.45) is 11.8 Å². The molecule has 2 unspecified atom stereocenters. The molecule has 0 aliphatic carbocycles. The Kier molecular flexibility index (Phi) is 4.85. The molecule has 1 aromatic rings. The number of carbonyl (C=O) groups is 1. The number of aromatic nitrogens is 3. The van der Waals surface area contributed by atoms with E-state index in [0.29, 0.717) is 24.2 Å². The maximum absolute atomic E-state index is 12.4. The molecule has 2 saturated heterocycles. The van der Waals surface area contributed by atoms with E-state index < -0.39 is 0 Å². The van der Waals surface area contributed by atoms with E-state index in [9.17, 15) is 4.79 Å². The Hall–Kier alpha value is -1.43. The highest BCUT2D eigenvalue weighted by molar-refractivity contribution is 5.76. The second kappa shape index (κ2) is 7.02. The number of piperidine rings is 1. The molecule has 0 radical (unpaired) electrons. The van der Waals surface area contributed by atoms with Crippen molar-refractivity contribution in [1.29, 1.82) is 0 Å². The molecular weight excluding hydrogens is 266 g/mol. The molecule has 1 amide bonds. The second-order valence-corrected chi connectivity index (χ2v) is 6.36. The maximum atomic E-state index is 12.4. The van der Waals surface area contributed by atoms with E-state index in [1.165, 1.54) is 12.8 Å². The van der Waals surface area contributed by atoms with Crippen LogP contribution >= 0.6 is 0 Å². The van der Waals surface area contributed by atoms with E-state index in [-0.39, 0.29) is 0 Å². The minimum absolute atomic E-state index is 0.338. The lowest BCUT2D eigenvalue weighted by molar-refractivity contribution is -0.133. The average molecular weight is 291 g/mol. The van der Waals surface area contributed by atoms with Crippen molar-refractivity contribution in [2.45, 2.75) is 38.6 Å². The molecule has 21 heavy (non-hydrogen) atoms. The summed E-state index contributed by atoms with van der Waals surface area (Å²) in [5.74, 6) is 1.55. The molecule has 0 saturated carbocycles. The van der Waals surface area contributed by atoms with Crippen molar-refractivity contribution in [3.05, 3.63) is 12.7 Å². The van der Waals surface area contributed by atoms with Crippen LogP contribution in [0.5, 0.6) is 0 Å². The first-order chi connectivity index (χ1) is 10.3. The summed E-state index contributed by atoms with van der Waals surface area (Å²) in [6, 6.07) is 0. The van der Waals surface area contributed by atoms with Crippen LogP contribution in [0.1, 0.15) is 32.1 Å². The van der Waals surface area contributed by atoms with Gasteiger partial charge in [-0.25, -0.2) is 4.98 Å². The van der Waals surface area contributed by atoms with Gasteiger partial charge in [0.1, 0.15) is 12.7 Å². The van der Waals surface area contributed by atoms with Crippen LogP contribution in [0, 0.1) is 11.8 Å².